The van der Waals surface area contributed by atoms with E-state index in [0.717, 1.165) is 27.7 Å². The summed E-state index contributed by atoms with van der Waals surface area (Å²) in [5.41, 5.74) is -0.198. The highest BCUT2D eigenvalue weighted by atomic mass is 31.2. The quantitative estimate of drug-likeness (QED) is 0.0997. The van der Waals surface area contributed by atoms with Crippen molar-refractivity contribution in [2.45, 2.75) is 78.9 Å². The lowest BCUT2D eigenvalue weighted by molar-refractivity contribution is -0.194. The lowest BCUT2D eigenvalue weighted by Gasteiger charge is -2.33. The zero-order chi connectivity index (χ0) is 36.4. The lowest BCUT2D eigenvalue weighted by Crippen LogP contribution is -2.47. The van der Waals surface area contributed by atoms with E-state index in [1.165, 1.54) is 0 Å². The summed E-state index contributed by atoms with van der Waals surface area (Å²) in [6.07, 6.45) is -6.92. The van der Waals surface area contributed by atoms with Gasteiger partial charge in [0.05, 0.1) is 13.2 Å². The minimum atomic E-state index is -4.81. The number of rotatable bonds is 17. The molecule has 0 aliphatic heterocycles. The lowest BCUT2D eigenvalue weighted by atomic mass is 9.85. The average Bonchev–Trinajstić information content (AvgIpc) is 3.27. The molecule has 0 amide bonds. The van der Waals surface area contributed by atoms with Crippen LogP contribution in [0.3, 0.4) is 0 Å². The van der Waals surface area contributed by atoms with Crippen molar-refractivity contribution in [3.8, 4) is 0 Å². The maximum absolute atomic E-state index is 14.2. The summed E-state index contributed by atoms with van der Waals surface area (Å²) < 4.78 is 65.5. The van der Waals surface area contributed by atoms with Gasteiger partial charge in [-0.3, -0.25) is 32.8 Å². The molecule has 0 heterocycles. The Hall–Kier alpha value is -3.42. The third kappa shape index (κ3) is 12.4. The van der Waals surface area contributed by atoms with Gasteiger partial charge >= 0.3 is 39.1 Å². The predicted octanol–water partition coefficient (Wildman–Crippen LogP) is 4.48. The number of benzene rings is 2. The first-order valence-corrected chi connectivity index (χ1v) is 18.7. The first-order valence-electron chi connectivity index (χ1n) is 15.2. The Morgan fingerprint density at radius 1 is 0.816 bits per heavy atom. The number of hydrogen-bond acceptors (Lipinski definition) is 14. The van der Waals surface area contributed by atoms with Crippen LogP contribution in [0.5, 0.6) is 0 Å². The van der Waals surface area contributed by atoms with Crippen LogP contribution in [0, 0.1) is 11.3 Å². The molecular formula is C32H42O15P2. The minimum absolute atomic E-state index is 0.150. The zero-order valence-corrected chi connectivity index (χ0v) is 29.6. The Morgan fingerprint density at radius 2 is 1.35 bits per heavy atom. The third-order valence-electron chi connectivity index (χ3n) is 7.48. The van der Waals surface area contributed by atoms with Gasteiger partial charge in [0, 0.05) is 39.0 Å². The van der Waals surface area contributed by atoms with Gasteiger partial charge in [0.15, 0.2) is 12.0 Å². The Kier molecular flexibility index (Phi) is 14.3. The van der Waals surface area contributed by atoms with Crippen molar-refractivity contribution in [3.05, 3.63) is 71.8 Å². The first kappa shape index (κ1) is 40.0. The molecule has 2 aromatic carbocycles. The maximum atomic E-state index is 14.2. The van der Waals surface area contributed by atoms with E-state index in [2.05, 4.69) is 0 Å². The van der Waals surface area contributed by atoms with Crippen LogP contribution in [0.2, 0.25) is 0 Å². The summed E-state index contributed by atoms with van der Waals surface area (Å²) in [6, 6.07) is 16.8. The van der Waals surface area contributed by atoms with Crippen molar-refractivity contribution in [2.75, 3.05) is 12.5 Å². The van der Waals surface area contributed by atoms with Gasteiger partial charge in [0.2, 0.25) is 6.29 Å². The fourth-order valence-electron chi connectivity index (χ4n) is 5.47. The first-order chi connectivity index (χ1) is 22.9. The van der Waals surface area contributed by atoms with E-state index < -0.39 is 80.9 Å². The number of carbonyl (C=O) groups excluding carboxylic acids is 4. The minimum Gasteiger partial charge on any atom is -0.465 e. The van der Waals surface area contributed by atoms with Crippen LogP contribution in [0.25, 0.3) is 0 Å². The van der Waals surface area contributed by atoms with E-state index >= 15 is 0 Å². The van der Waals surface area contributed by atoms with Crippen LogP contribution in [0.4, 0.5) is 0 Å². The van der Waals surface area contributed by atoms with Crippen molar-refractivity contribution in [1.29, 1.82) is 0 Å². The molecular weight excluding hydrogens is 686 g/mol. The fourth-order valence-corrected chi connectivity index (χ4v) is 9.34. The number of aliphatic hydroxyl groups is 1. The van der Waals surface area contributed by atoms with Gasteiger partial charge < -0.3 is 38.0 Å². The van der Waals surface area contributed by atoms with Gasteiger partial charge in [-0.25, -0.2) is 0 Å². The van der Waals surface area contributed by atoms with Crippen LogP contribution in [0.15, 0.2) is 60.7 Å². The predicted molar refractivity (Wildman–Crippen MR) is 171 cm³/mol. The largest absolute Gasteiger partial charge is 0.465 e. The number of esters is 4. The number of hydrogen-bond donors (Lipinski definition) is 2. The molecule has 8 atom stereocenters. The average molecular weight is 729 g/mol. The smallest absolute Gasteiger partial charge is 0.345 e. The molecule has 49 heavy (non-hydrogen) atoms. The van der Waals surface area contributed by atoms with E-state index in [4.69, 9.17) is 32.5 Å². The normalized spacial score (nSPS) is 24.0. The monoisotopic (exact) mass is 728 g/mol. The Balaban J connectivity index is 1.98. The highest BCUT2D eigenvalue weighted by Gasteiger charge is 2.60. The molecule has 6 unspecified atom stereocenters. The molecule has 270 valence electrons. The second-order valence-electron chi connectivity index (χ2n) is 11.9. The molecule has 1 fully saturated rings. The van der Waals surface area contributed by atoms with Gasteiger partial charge in [-0.05, 0) is 17.5 Å². The summed E-state index contributed by atoms with van der Waals surface area (Å²) in [7, 11) is -9.55. The third-order valence-corrected chi connectivity index (χ3v) is 11.9. The van der Waals surface area contributed by atoms with Crippen molar-refractivity contribution < 1.29 is 70.8 Å². The Bertz CT molecular complexity index is 1540. The second-order valence-corrected chi connectivity index (χ2v) is 16.2. The molecule has 17 heteroatoms. The summed E-state index contributed by atoms with van der Waals surface area (Å²) in [4.78, 5) is 59.2. The molecule has 0 spiro atoms. The van der Waals surface area contributed by atoms with Crippen molar-refractivity contribution >= 4 is 39.1 Å². The number of ether oxygens (including phenoxy) is 4. The van der Waals surface area contributed by atoms with Gasteiger partial charge in [0.1, 0.15) is 18.8 Å². The van der Waals surface area contributed by atoms with Crippen molar-refractivity contribution in [2.24, 2.45) is 11.3 Å². The van der Waals surface area contributed by atoms with Gasteiger partial charge in [-0.15, -0.1) is 0 Å². The van der Waals surface area contributed by atoms with E-state index in [0.29, 0.717) is 11.1 Å². The summed E-state index contributed by atoms with van der Waals surface area (Å²) >= 11 is 0. The van der Waals surface area contributed by atoms with E-state index in [-0.39, 0.29) is 26.2 Å². The standard InChI is InChI=1S/C32H42O15P2/c1-21(33)41-19-32(5)16-27(28(44-22(2)34)30(32)46-24(4)36)29(45-23(3)35)31(37)47-49(40,43-18-26-14-10-7-11-15-26)20-48(38,39)42-17-25-12-8-6-9-13-25/h6-15,27-31,37H,16-20H2,1-5H3,(H,38,39)/t27?,28?,29?,30-,31-,32?,49?/m0/s1. The SMILES string of the molecule is CC(=O)OCC1(C)CC(C(OC(C)=O)[C@@H](O)OP(=O)(CP(=O)(O)OCc2ccccc2)OCc2ccccc2)C(OC(C)=O)[C@@H]1OC(C)=O. The molecule has 0 bridgehead atoms. The number of aliphatic hydroxyl groups excluding tert-OH is 1. The van der Waals surface area contributed by atoms with Gasteiger partial charge in [-0.2, -0.15) is 0 Å². The summed E-state index contributed by atoms with van der Waals surface area (Å²) in [6.45, 7) is 4.91. The summed E-state index contributed by atoms with van der Waals surface area (Å²) in [5, 5.41) is 11.5. The Morgan fingerprint density at radius 3 is 1.84 bits per heavy atom. The second kappa shape index (κ2) is 17.5. The van der Waals surface area contributed by atoms with E-state index in [1.54, 1.807) is 67.6 Å². The molecule has 0 radical (unpaired) electrons. The fraction of sp³-hybridized carbons (Fsp3) is 0.500. The molecule has 3 rings (SSSR count). The van der Waals surface area contributed by atoms with Crippen LogP contribution in [-0.2, 0) is 74.0 Å². The molecule has 2 aromatic rings. The number of carbonyl (C=O) groups is 4. The van der Waals surface area contributed by atoms with Crippen LogP contribution < -0.4 is 0 Å². The highest BCUT2D eigenvalue weighted by Crippen LogP contribution is 2.63. The molecule has 15 nitrogen and oxygen atoms in total. The van der Waals surface area contributed by atoms with Gasteiger partial charge in [0.25, 0.3) is 0 Å². The molecule has 1 aliphatic carbocycles. The maximum Gasteiger partial charge on any atom is 0.345 e. The highest BCUT2D eigenvalue weighted by molar-refractivity contribution is 7.70. The van der Waals surface area contributed by atoms with E-state index in [9.17, 15) is 38.3 Å². The van der Waals surface area contributed by atoms with Crippen LogP contribution >= 0.6 is 15.2 Å². The van der Waals surface area contributed by atoms with E-state index in [1.807, 2.05) is 0 Å². The van der Waals surface area contributed by atoms with Gasteiger partial charge in [-0.1, -0.05) is 67.6 Å². The molecule has 0 aromatic heterocycles. The Labute approximate surface area is 284 Å². The zero-order valence-electron chi connectivity index (χ0n) is 27.8. The van der Waals surface area contributed by atoms with Crippen LogP contribution in [-0.4, -0.2) is 71.0 Å². The molecule has 1 aliphatic rings. The molecule has 1 saturated carbocycles. The van der Waals surface area contributed by atoms with Crippen LogP contribution in [0.1, 0.15) is 52.2 Å². The molecule has 0 saturated heterocycles. The van der Waals surface area contributed by atoms with Crippen molar-refractivity contribution in [1.82, 2.24) is 0 Å². The molecule has 2 N–H and O–H groups in total. The summed E-state index contributed by atoms with van der Waals surface area (Å²) in [5.74, 6) is -5.62. The van der Waals surface area contributed by atoms with Crippen molar-refractivity contribution in [3.63, 3.8) is 0 Å². The topological polar surface area (TPSA) is 207 Å².